The van der Waals surface area contributed by atoms with Crippen molar-refractivity contribution in [2.75, 3.05) is 5.73 Å². The molecule has 0 bridgehead atoms. The van der Waals surface area contributed by atoms with Gasteiger partial charge in [0.05, 0.1) is 27.4 Å². The summed E-state index contributed by atoms with van der Waals surface area (Å²) in [5.41, 5.74) is 9.39. The van der Waals surface area contributed by atoms with Gasteiger partial charge >= 0.3 is 6.18 Å². The molecule has 2 aromatic heterocycles. The summed E-state index contributed by atoms with van der Waals surface area (Å²) in [5.74, 6) is 2.10. The zero-order valence-electron chi connectivity index (χ0n) is 13.2. The summed E-state index contributed by atoms with van der Waals surface area (Å²) in [4.78, 5) is 36.9. The number of fused-ring (bicyclic) bond motifs is 1. The van der Waals surface area contributed by atoms with E-state index >= 15 is 0 Å². The summed E-state index contributed by atoms with van der Waals surface area (Å²) >= 11 is 0.638. The highest BCUT2D eigenvalue weighted by atomic mass is 32.1. The van der Waals surface area contributed by atoms with Crippen molar-refractivity contribution in [3.05, 3.63) is 45.1 Å². The van der Waals surface area contributed by atoms with Crippen LogP contribution in [0.25, 0.3) is 21.5 Å². The molecule has 0 saturated heterocycles. The van der Waals surface area contributed by atoms with Crippen LogP contribution in [0.5, 0.6) is 0 Å². The molecule has 136 valence electrons. The van der Waals surface area contributed by atoms with Gasteiger partial charge in [0.25, 0.3) is 5.91 Å². The van der Waals surface area contributed by atoms with Crippen molar-refractivity contribution in [2.24, 2.45) is 5.73 Å². The summed E-state index contributed by atoms with van der Waals surface area (Å²) in [7, 11) is 0. The van der Waals surface area contributed by atoms with E-state index in [9.17, 15) is 27.6 Å². The second kappa shape index (κ2) is 6.37. The number of halogens is 3. The van der Waals surface area contributed by atoms with Crippen LogP contribution in [0.1, 0.15) is 15.2 Å². The minimum absolute atomic E-state index is 0.0812. The minimum atomic E-state index is -4.78. The Morgan fingerprint density at radius 3 is 2.33 bits per heavy atom. The number of benzene rings is 1. The van der Waals surface area contributed by atoms with Crippen molar-refractivity contribution in [1.29, 1.82) is 0 Å². The predicted octanol–water partition coefficient (Wildman–Crippen LogP) is 0.670. The number of hydrogen-bond acceptors (Lipinski definition) is 6. The van der Waals surface area contributed by atoms with Gasteiger partial charge in [-0.3, -0.25) is 4.79 Å². The molecule has 4 N–H and O–H groups in total. The second-order valence-electron chi connectivity index (χ2n) is 5.41. The van der Waals surface area contributed by atoms with E-state index in [2.05, 4.69) is 4.98 Å². The van der Waals surface area contributed by atoms with E-state index in [0.29, 0.717) is 11.3 Å². The molecule has 0 saturated carbocycles. The van der Waals surface area contributed by atoms with Gasteiger partial charge in [-0.2, -0.15) is 13.2 Å². The molecule has 1 aromatic carbocycles. The van der Waals surface area contributed by atoms with E-state index in [1.165, 1.54) is 30.1 Å². The highest BCUT2D eigenvalue weighted by molar-refractivity contribution is 7.21. The number of carbonyl (C=O) groups excluding carboxylic acids is 3. The van der Waals surface area contributed by atoms with Crippen molar-refractivity contribution in [3.63, 3.8) is 0 Å². The summed E-state index contributed by atoms with van der Waals surface area (Å²) in [5, 5.41) is -0.659. The highest BCUT2D eigenvalue weighted by Gasteiger charge is 2.36. The maximum Gasteiger partial charge on any atom is 0.417 e. The van der Waals surface area contributed by atoms with E-state index < -0.39 is 23.0 Å². The first-order valence-corrected chi connectivity index (χ1v) is 7.99. The number of aromatic nitrogens is 1. The Labute approximate surface area is 152 Å². The number of thiophene rings is 1. The molecule has 0 aliphatic rings. The van der Waals surface area contributed by atoms with Gasteiger partial charge in [0.2, 0.25) is 0 Å². The number of anilines is 1. The van der Waals surface area contributed by atoms with Crippen molar-refractivity contribution in [3.8, 4) is 11.3 Å². The number of rotatable bonds is 2. The third-order valence-corrected chi connectivity index (χ3v) is 4.88. The lowest BCUT2D eigenvalue weighted by Crippen LogP contribution is -2.26. The average molecular weight is 391 g/mol. The largest absolute Gasteiger partial charge is 0.417 e. The molecule has 0 fully saturated rings. The zero-order chi connectivity index (χ0) is 19.9. The molecular weight excluding hydrogens is 383 g/mol. The molecule has 3 aromatic rings. The molecule has 3 rings (SSSR count). The van der Waals surface area contributed by atoms with Crippen LogP contribution < -0.4 is 21.9 Å². The van der Waals surface area contributed by atoms with Gasteiger partial charge in [-0.15, -0.1) is 11.3 Å². The number of carbonyl (C=O) groups is 1. The Bertz CT molecular complexity index is 1270. The first-order valence-electron chi connectivity index (χ1n) is 7.18. The lowest BCUT2D eigenvalue weighted by molar-refractivity contribution is -0.136. The summed E-state index contributed by atoms with van der Waals surface area (Å²) in [6.07, 6.45) is -4.78. The molecule has 0 aliphatic heterocycles. The summed E-state index contributed by atoms with van der Waals surface area (Å²) in [6.45, 7) is 0. The van der Waals surface area contributed by atoms with Crippen LogP contribution >= 0.6 is 11.3 Å². The molecule has 0 unspecified atom stereocenters. The maximum absolute atomic E-state index is 13.6. The topological polar surface area (TPSA) is 116 Å². The Morgan fingerprint density at radius 2 is 1.78 bits per heavy atom. The Kier molecular flexibility index (Phi) is 4.33. The molecule has 0 atom stereocenters. The molecule has 0 spiro atoms. The SMILES string of the molecule is NC(=O)c1sc2nc(-c3ccc(=C=O)c(=C=O)c3)cc(C(F)(F)F)c2c1N. The fraction of sp³-hybridized carbons (Fsp3) is 0.0588. The third-order valence-electron chi connectivity index (χ3n) is 3.76. The minimum Gasteiger partial charge on any atom is -0.397 e. The van der Waals surface area contributed by atoms with Crippen molar-refractivity contribution < 1.29 is 27.6 Å². The van der Waals surface area contributed by atoms with Gasteiger partial charge in [-0.1, -0.05) is 6.07 Å². The predicted molar refractivity (Wildman–Crippen MR) is 91.8 cm³/mol. The normalized spacial score (nSPS) is 11.2. The monoisotopic (exact) mass is 391 g/mol. The highest BCUT2D eigenvalue weighted by Crippen LogP contribution is 2.43. The number of hydrogen-bond donors (Lipinski definition) is 2. The smallest absolute Gasteiger partial charge is 0.397 e. The molecule has 10 heteroatoms. The van der Waals surface area contributed by atoms with E-state index in [4.69, 9.17) is 11.5 Å². The van der Waals surface area contributed by atoms with Crippen LogP contribution in [-0.4, -0.2) is 22.8 Å². The van der Waals surface area contributed by atoms with Crippen molar-refractivity contribution in [1.82, 2.24) is 4.98 Å². The number of nitrogen functional groups attached to an aromatic ring is 1. The third kappa shape index (κ3) is 3.09. The number of pyridine rings is 1. The summed E-state index contributed by atoms with van der Waals surface area (Å²) < 4.78 is 40.7. The Hall–Kier alpha value is -3.45. The number of amides is 1. The number of nitrogens with zero attached hydrogens (tertiary/aromatic N) is 1. The zero-order valence-corrected chi connectivity index (χ0v) is 14.0. The number of alkyl halides is 3. The lowest BCUT2D eigenvalue weighted by atomic mass is 10.0. The van der Waals surface area contributed by atoms with Crippen LogP contribution in [0.2, 0.25) is 0 Å². The second-order valence-corrected chi connectivity index (χ2v) is 6.41. The average Bonchev–Trinajstić information content (AvgIpc) is 2.96. The van der Waals surface area contributed by atoms with Gasteiger partial charge in [0.15, 0.2) is 0 Å². The molecule has 0 aliphatic carbocycles. The first kappa shape index (κ1) is 18.3. The van der Waals surface area contributed by atoms with Gasteiger partial charge in [-0.25, -0.2) is 14.6 Å². The van der Waals surface area contributed by atoms with Crippen LogP contribution in [0.15, 0.2) is 24.3 Å². The molecule has 6 nitrogen and oxygen atoms in total. The van der Waals surface area contributed by atoms with Crippen LogP contribution in [-0.2, 0) is 15.8 Å². The van der Waals surface area contributed by atoms with Crippen LogP contribution in [0, 0.1) is 0 Å². The van der Waals surface area contributed by atoms with E-state index in [1.54, 1.807) is 0 Å². The Balaban J connectivity index is 2.41. The molecule has 1 amide bonds. The van der Waals surface area contributed by atoms with E-state index in [0.717, 1.165) is 6.07 Å². The Morgan fingerprint density at radius 1 is 1.11 bits per heavy atom. The van der Waals surface area contributed by atoms with E-state index in [-0.39, 0.29) is 37.1 Å². The van der Waals surface area contributed by atoms with Crippen molar-refractivity contribution in [2.45, 2.75) is 6.18 Å². The molecule has 27 heavy (non-hydrogen) atoms. The van der Waals surface area contributed by atoms with Crippen LogP contribution in [0.3, 0.4) is 0 Å². The quantitative estimate of drug-likeness (QED) is 0.666. The number of nitrogens with two attached hydrogens (primary N) is 2. The fourth-order valence-corrected chi connectivity index (χ4v) is 3.52. The van der Waals surface area contributed by atoms with Crippen LogP contribution in [0.4, 0.5) is 18.9 Å². The van der Waals surface area contributed by atoms with Gasteiger partial charge < -0.3 is 11.5 Å². The molecular formula is C17H8F3N3O3S. The molecule has 2 heterocycles. The first-order chi connectivity index (χ1) is 12.7. The van der Waals surface area contributed by atoms with Gasteiger partial charge in [0.1, 0.15) is 21.6 Å². The standard InChI is InChI=1S/C17H8F3N3O3S/c18-17(19,20)10-4-11(7-1-2-8(5-24)9(3-7)6-25)23-16-12(10)13(21)14(27-16)15(22)26/h1-4H,21H2,(H2,22,26). The van der Waals surface area contributed by atoms with E-state index in [1.807, 2.05) is 0 Å². The fourth-order valence-electron chi connectivity index (χ4n) is 2.55. The lowest BCUT2D eigenvalue weighted by Gasteiger charge is -2.11. The summed E-state index contributed by atoms with van der Waals surface area (Å²) in [6, 6.07) is 4.47. The number of primary amides is 1. The van der Waals surface area contributed by atoms with Gasteiger partial charge in [-0.05, 0) is 18.2 Å². The maximum atomic E-state index is 13.6. The van der Waals surface area contributed by atoms with Crippen molar-refractivity contribution >= 4 is 45.0 Å². The van der Waals surface area contributed by atoms with Gasteiger partial charge in [0, 0.05) is 10.9 Å². The molecule has 0 radical (unpaired) electrons.